The summed E-state index contributed by atoms with van der Waals surface area (Å²) in [5.41, 5.74) is 7.82. The Labute approximate surface area is 271 Å². The number of methoxy groups -OCH3 is 2. The average molecular weight is 681 g/mol. The van der Waals surface area contributed by atoms with Gasteiger partial charge in [0.15, 0.2) is 23.1 Å². The largest absolute Gasteiger partial charge is 0.505 e. The lowest BCUT2D eigenvalue weighted by molar-refractivity contribution is 0.0596. The van der Waals surface area contributed by atoms with Gasteiger partial charge in [-0.25, -0.2) is 23.2 Å². The Hall–Kier alpha value is -4.86. The van der Waals surface area contributed by atoms with Crippen LogP contribution in [0, 0.1) is 25.5 Å². The predicted octanol–water partition coefficient (Wildman–Crippen LogP) is 5.79. The standard InChI is InChI=1S/C15H14FNO4S.C8H8O4S.C7H8FNO.CH4/c1-8-5-12(22-13(8)15(20)21-2)14(19)17-7-9-3-4-10(16)11(18)6-9;1-4-3-5(7(9)10)13-6(4)8(11)12-2;8-6-2-1-5(4-9)3-7(6)10;/h3-6,18H,7H2,1-2H3,(H,17,19);3H,1-2H3,(H,9,10);1-3,10H,4,9H2;1H4. The Kier molecular flexibility index (Phi) is 15.5. The number of hydrogen-bond acceptors (Lipinski definition) is 11. The number of aromatic hydroxyl groups is 2. The summed E-state index contributed by atoms with van der Waals surface area (Å²) in [6.07, 6.45) is 0. The molecule has 4 rings (SSSR count). The summed E-state index contributed by atoms with van der Waals surface area (Å²) >= 11 is 1.97. The quantitative estimate of drug-likeness (QED) is 0.150. The number of hydrogen-bond donors (Lipinski definition) is 5. The number of halogens is 2. The summed E-state index contributed by atoms with van der Waals surface area (Å²) in [4.78, 5) is 46.4. The molecule has 4 aromatic rings. The van der Waals surface area contributed by atoms with E-state index in [2.05, 4.69) is 14.8 Å². The van der Waals surface area contributed by atoms with Crippen molar-refractivity contribution >= 4 is 46.5 Å². The molecule has 0 fully saturated rings. The van der Waals surface area contributed by atoms with Crippen molar-refractivity contribution < 1.29 is 52.8 Å². The van der Waals surface area contributed by atoms with Gasteiger partial charge in [0.25, 0.3) is 5.91 Å². The van der Waals surface area contributed by atoms with Gasteiger partial charge in [-0.15, -0.1) is 22.7 Å². The highest BCUT2D eigenvalue weighted by Crippen LogP contribution is 2.24. The van der Waals surface area contributed by atoms with Crippen LogP contribution < -0.4 is 11.1 Å². The minimum absolute atomic E-state index is 0. The first-order chi connectivity index (χ1) is 21.2. The lowest BCUT2D eigenvalue weighted by Crippen LogP contribution is -2.21. The summed E-state index contributed by atoms with van der Waals surface area (Å²) in [5, 5.41) is 29.4. The lowest BCUT2D eigenvalue weighted by atomic mass is 10.2. The number of nitrogens with one attached hydrogen (secondary N) is 1. The number of rotatable bonds is 7. The van der Waals surface area contributed by atoms with Crippen molar-refractivity contribution in [3.8, 4) is 11.5 Å². The van der Waals surface area contributed by atoms with E-state index in [1.54, 1.807) is 19.9 Å². The first-order valence-corrected chi connectivity index (χ1v) is 14.4. The van der Waals surface area contributed by atoms with E-state index in [1.807, 2.05) is 0 Å². The number of aryl methyl sites for hydroxylation is 2. The zero-order valence-corrected chi connectivity index (χ0v) is 26.1. The molecule has 6 N–H and O–H groups in total. The van der Waals surface area contributed by atoms with Gasteiger partial charge in [0.05, 0.1) is 19.1 Å². The third kappa shape index (κ3) is 10.9. The summed E-state index contributed by atoms with van der Waals surface area (Å²) in [6, 6.07) is 10.9. The second kappa shape index (κ2) is 18.2. The van der Waals surface area contributed by atoms with Gasteiger partial charge in [0, 0.05) is 13.1 Å². The van der Waals surface area contributed by atoms with Crippen molar-refractivity contribution in [2.45, 2.75) is 34.4 Å². The van der Waals surface area contributed by atoms with Crippen LogP contribution in [0.3, 0.4) is 0 Å². The number of carbonyl (C=O) groups excluding carboxylic acids is 3. The number of carboxylic acid groups (broad SMARTS) is 1. The molecule has 0 saturated heterocycles. The summed E-state index contributed by atoms with van der Waals surface area (Å²) in [7, 11) is 2.55. The van der Waals surface area contributed by atoms with Crippen LogP contribution in [0.25, 0.3) is 0 Å². The van der Waals surface area contributed by atoms with E-state index in [0.29, 0.717) is 37.9 Å². The molecule has 46 heavy (non-hydrogen) atoms. The number of carboxylic acids is 1. The molecule has 0 atom stereocenters. The molecule has 248 valence electrons. The molecule has 0 aliphatic heterocycles. The minimum atomic E-state index is -1.02. The van der Waals surface area contributed by atoms with Gasteiger partial charge in [0.1, 0.15) is 14.6 Å². The molecule has 0 aliphatic carbocycles. The van der Waals surface area contributed by atoms with Crippen molar-refractivity contribution in [1.29, 1.82) is 0 Å². The van der Waals surface area contributed by atoms with Crippen LogP contribution in [0.5, 0.6) is 11.5 Å². The predicted molar refractivity (Wildman–Crippen MR) is 170 cm³/mol. The van der Waals surface area contributed by atoms with Crippen molar-refractivity contribution in [3.63, 3.8) is 0 Å². The Bertz CT molecular complexity index is 1690. The smallest absolute Gasteiger partial charge is 0.348 e. The fourth-order valence-electron chi connectivity index (χ4n) is 3.40. The number of phenolic OH excluding ortho intramolecular Hbond substituents is 2. The van der Waals surface area contributed by atoms with Gasteiger partial charge in [-0.1, -0.05) is 19.6 Å². The Morgan fingerprint density at radius 2 is 1.22 bits per heavy atom. The maximum absolute atomic E-state index is 12.9. The van der Waals surface area contributed by atoms with Crippen LogP contribution in [0.2, 0.25) is 0 Å². The highest BCUT2D eigenvalue weighted by Gasteiger charge is 2.18. The van der Waals surface area contributed by atoms with E-state index in [0.717, 1.165) is 34.3 Å². The van der Waals surface area contributed by atoms with Crippen LogP contribution in [0.15, 0.2) is 48.5 Å². The van der Waals surface area contributed by atoms with Crippen LogP contribution >= 0.6 is 22.7 Å². The first-order valence-electron chi connectivity index (χ1n) is 12.8. The zero-order valence-electron chi connectivity index (χ0n) is 24.5. The average Bonchev–Trinajstić information content (AvgIpc) is 3.61. The van der Waals surface area contributed by atoms with Gasteiger partial charge in [-0.05, 0) is 72.5 Å². The molecule has 0 bridgehead atoms. The fourth-order valence-corrected chi connectivity index (χ4v) is 5.33. The van der Waals surface area contributed by atoms with Crippen LogP contribution in [0.1, 0.15) is 68.4 Å². The maximum atomic E-state index is 12.9. The first kappa shape index (κ1) is 39.2. The monoisotopic (exact) mass is 680 g/mol. The molecular weight excluding hydrogens is 646 g/mol. The molecule has 2 aromatic carbocycles. The molecule has 2 heterocycles. The summed E-state index contributed by atoms with van der Waals surface area (Å²) in [5.74, 6) is -4.49. The zero-order chi connectivity index (χ0) is 33.8. The molecule has 0 spiro atoms. The Morgan fingerprint density at radius 3 is 1.63 bits per heavy atom. The van der Waals surface area contributed by atoms with Crippen LogP contribution in [-0.4, -0.2) is 53.4 Å². The van der Waals surface area contributed by atoms with Crippen molar-refractivity contribution in [2.75, 3.05) is 14.2 Å². The van der Waals surface area contributed by atoms with Gasteiger partial charge in [-0.2, -0.15) is 0 Å². The van der Waals surface area contributed by atoms with Gasteiger partial charge in [-0.3, -0.25) is 4.79 Å². The number of nitrogens with two attached hydrogens (primary N) is 1. The molecule has 1 amide bonds. The molecule has 15 heteroatoms. The highest BCUT2D eigenvalue weighted by molar-refractivity contribution is 7.16. The van der Waals surface area contributed by atoms with E-state index >= 15 is 0 Å². The normalized spacial score (nSPS) is 9.80. The van der Waals surface area contributed by atoms with Crippen LogP contribution in [0.4, 0.5) is 8.78 Å². The number of amides is 1. The molecular formula is C31H34F2N2O9S2. The third-order valence-corrected chi connectivity index (χ3v) is 8.14. The van der Waals surface area contributed by atoms with Crippen molar-refractivity contribution in [2.24, 2.45) is 5.73 Å². The van der Waals surface area contributed by atoms with Crippen molar-refractivity contribution in [1.82, 2.24) is 5.32 Å². The molecule has 0 unspecified atom stereocenters. The van der Waals surface area contributed by atoms with E-state index < -0.39 is 35.3 Å². The number of phenols is 2. The highest BCUT2D eigenvalue weighted by atomic mass is 32.1. The number of thiophene rings is 2. The Balaban J connectivity index is 0.000000375. The fraction of sp³-hybridized carbons (Fsp3) is 0.226. The second-order valence-electron chi connectivity index (χ2n) is 8.99. The van der Waals surface area contributed by atoms with Gasteiger partial charge in [0.2, 0.25) is 0 Å². The van der Waals surface area contributed by atoms with E-state index in [4.69, 9.17) is 15.9 Å². The number of benzene rings is 2. The topological polar surface area (TPSA) is 185 Å². The SMILES string of the molecule is C.COC(=O)c1sc(C(=O)NCc2ccc(F)c(O)c2)cc1C.COC(=O)c1sc(C(=O)O)cc1C.NCc1ccc(F)c(O)c1. The molecule has 2 aromatic heterocycles. The lowest BCUT2D eigenvalue weighted by Gasteiger charge is -2.04. The molecule has 0 aliphatic rings. The number of esters is 2. The Morgan fingerprint density at radius 1 is 0.783 bits per heavy atom. The third-order valence-electron chi connectivity index (χ3n) is 5.72. The van der Waals surface area contributed by atoms with Gasteiger partial charge < -0.3 is 35.8 Å². The summed E-state index contributed by atoms with van der Waals surface area (Å²) in [6.45, 7) is 3.84. The van der Waals surface area contributed by atoms with Crippen LogP contribution in [-0.2, 0) is 22.6 Å². The number of carbonyl (C=O) groups is 4. The van der Waals surface area contributed by atoms with E-state index in [1.165, 1.54) is 50.6 Å². The molecule has 0 saturated carbocycles. The maximum Gasteiger partial charge on any atom is 0.348 e. The number of aromatic carboxylic acids is 1. The van der Waals surface area contributed by atoms with Crippen molar-refractivity contribution in [3.05, 3.63) is 102 Å². The van der Waals surface area contributed by atoms with E-state index in [9.17, 15) is 33.1 Å². The molecule has 0 radical (unpaired) electrons. The van der Waals surface area contributed by atoms with Gasteiger partial charge >= 0.3 is 17.9 Å². The van der Waals surface area contributed by atoms with E-state index in [-0.39, 0.29) is 30.5 Å². The minimum Gasteiger partial charge on any atom is -0.505 e. The summed E-state index contributed by atoms with van der Waals surface area (Å²) < 4.78 is 34.4. The second-order valence-corrected chi connectivity index (χ2v) is 11.1. The molecule has 11 nitrogen and oxygen atoms in total. The number of ether oxygens (including phenoxy) is 2.